The molecule has 4 aromatic heterocycles. The second-order valence-corrected chi connectivity index (χ2v) is 12.3. The van der Waals surface area contributed by atoms with Crippen LogP contribution in [0.15, 0.2) is 49.2 Å². The number of carboxylic acid groups (broad SMARTS) is 1. The van der Waals surface area contributed by atoms with Gasteiger partial charge in [0.25, 0.3) is 0 Å². The standard InChI is InChI=1S/C30H34N8O2/c1-29(2,3)27-30(7-10-36(11-8-30)28(39)40)9-12-37(27)25-6-5-20(15-32-25)24-13-21(23-17-33-35(4)18-23)19-38-26(24)22(14-31)16-34-38/h5-6,13,15-19,27H,7-12H2,1-4H3,(H,39,40). The SMILES string of the molecule is Cn1cc(-c2cc(-c3ccc(N4CCC5(CCN(C(=O)O)CC5)C4C(C)(C)C)nc3)c3c(C#N)cnn3c2)cn1. The largest absolute Gasteiger partial charge is 0.465 e. The molecule has 10 heteroatoms. The van der Waals surface area contributed by atoms with E-state index in [1.807, 2.05) is 31.8 Å². The van der Waals surface area contributed by atoms with Crippen LogP contribution in [0.25, 0.3) is 27.8 Å². The molecule has 0 radical (unpaired) electrons. The van der Waals surface area contributed by atoms with Gasteiger partial charge in [-0.15, -0.1) is 0 Å². The van der Waals surface area contributed by atoms with Crippen molar-refractivity contribution in [3.63, 3.8) is 0 Å². The van der Waals surface area contributed by atoms with Crippen molar-refractivity contribution in [3.05, 3.63) is 54.7 Å². The van der Waals surface area contributed by atoms with Gasteiger partial charge in [0, 0.05) is 73.6 Å². The molecule has 10 nitrogen and oxygen atoms in total. The summed E-state index contributed by atoms with van der Waals surface area (Å²) in [5, 5.41) is 28.0. The van der Waals surface area contributed by atoms with Crippen molar-refractivity contribution in [2.24, 2.45) is 17.9 Å². The number of aryl methyl sites for hydroxylation is 1. The maximum Gasteiger partial charge on any atom is 0.407 e. The Labute approximate surface area is 233 Å². The van der Waals surface area contributed by atoms with Crippen LogP contribution >= 0.6 is 0 Å². The Morgan fingerprint density at radius 1 is 1.02 bits per heavy atom. The van der Waals surface area contributed by atoms with Crippen molar-refractivity contribution in [2.75, 3.05) is 24.5 Å². The predicted octanol–water partition coefficient (Wildman–Crippen LogP) is 5.05. The van der Waals surface area contributed by atoms with Crippen molar-refractivity contribution in [1.82, 2.24) is 29.3 Å². The smallest absolute Gasteiger partial charge is 0.407 e. The molecule has 0 saturated carbocycles. The monoisotopic (exact) mass is 538 g/mol. The van der Waals surface area contributed by atoms with Crippen LogP contribution in [0.3, 0.4) is 0 Å². The number of piperidine rings is 1. The number of hydrogen-bond donors (Lipinski definition) is 1. The zero-order chi connectivity index (χ0) is 28.2. The number of carbonyl (C=O) groups is 1. The average molecular weight is 539 g/mol. The molecule has 1 unspecified atom stereocenters. The van der Waals surface area contributed by atoms with Gasteiger partial charge in [-0.05, 0) is 48.3 Å². The lowest BCUT2D eigenvalue weighted by Gasteiger charge is -2.49. The van der Waals surface area contributed by atoms with E-state index in [0.29, 0.717) is 18.7 Å². The second-order valence-electron chi connectivity index (χ2n) is 12.3. The number of nitrogens with zero attached hydrogens (tertiary/aromatic N) is 8. The van der Waals surface area contributed by atoms with Crippen molar-refractivity contribution in [2.45, 2.75) is 46.1 Å². The lowest BCUT2D eigenvalue weighted by Crippen LogP contribution is -2.53. The molecule has 2 fully saturated rings. The third-order valence-electron chi connectivity index (χ3n) is 8.72. The summed E-state index contributed by atoms with van der Waals surface area (Å²) in [6.07, 6.45) is 11.1. The fourth-order valence-corrected chi connectivity index (χ4v) is 7.11. The maximum atomic E-state index is 11.6. The Bertz CT molecular complexity index is 1610. The average Bonchev–Trinajstić information content (AvgIpc) is 3.65. The molecule has 2 aliphatic rings. The molecule has 0 aliphatic carbocycles. The Morgan fingerprint density at radius 2 is 1.77 bits per heavy atom. The van der Waals surface area contributed by atoms with E-state index in [1.54, 1.807) is 20.3 Å². The van der Waals surface area contributed by atoms with Gasteiger partial charge >= 0.3 is 6.09 Å². The third kappa shape index (κ3) is 4.26. The molecule has 2 saturated heterocycles. The highest BCUT2D eigenvalue weighted by Crippen LogP contribution is 2.52. The predicted molar refractivity (Wildman–Crippen MR) is 152 cm³/mol. The highest BCUT2D eigenvalue weighted by atomic mass is 16.4. The molecule has 2 aliphatic heterocycles. The number of hydrogen-bond acceptors (Lipinski definition) is 6. The first kappa shape index (κ1) is 25.9. The molecule has 1 spiro atoms. The minimum Gasteiger partial charge on any atom is -0.465 e. The fourth-order valence-electron chi connectivity index (χ4n) is 7.11. The number of likely N-dealkylation sites (tertiary alicyclic amines) is 1. The minimum absolute atomic E-state index is 0.00818. The molecular weight excluding hydrogens is 504 g/mol. The van der Waals surface area contributed by atoms with Crippen molar-refractivity contribution in [1.29, 1.82) is 5.26 Å². The zero-order valence-electron chi connectivity index (χ0n) is 23.4. The van der Waals surface area contributed by atoms with Gasteiger partial charge in [0.05, 0.1) is 23.5 Å². The van der Waals surface area contributed by atoms with Crippen LogP contribution in [0.2, 0.25) is 0 Å². The van der Waals surface area contributed by atoms with Gasteiger partial charge < -0.3 is 14.9 Å². The van der Waals surface area contributed by atoms with E-state index in [1.165, 1.54) is 0 Å². The summed E-state index contributed by atoms with van der Waals surface area (Å²) in [7, 11) is 1.89. The van der Waals surface area contributed by atoms with Crippen LogP contribution in [0.1, 0.15) is 45.6 Å². The molecular formula is C30H34N8O2. The number of amides is 1. The van der Waals surface area contributed by atoms with Gasteiger partial charge in [0.1, 0.15) is 11.9 Å². The number of aromatic nitrogens is 5. The lowest BCUT2D eigenvalue weighted by molar-refractivity contribution is 0.0570. The van der Waals surface area contributed by atoms with Crippen LogP contribution in [-0.2, 0) is 7.05 Å². The van der Waals surface area contributed by atoms with Gasteiger partial charge in [-0.2, -0.15) is 15.5 Å². The molecule has 0 aromatic carbocycles. The van der Waals surface area contributed by atoms with Crippen molar-refractivity contribution in [3.8, 4) is 28.3 Å². The van der Waals surface area contributed by atoms with E-state index >= 15 is 0 Å². The highest BCUT2D eigenvalue weighted by molar-refractivity contribution is 5.87. The minimum atomic E-state index is -0.825. The van der Waals surface area contributed by atoms with Gasteiger partial charge in [-0.3, -0.25) is 4.68 Å². The highest BCUT2D eigenvalue weighted by Gasteiger charge is 2.53. The number of rotatable bonds is 3. The van der Waals surface area contributed by atoms with E-state index in [0.717, 1.165) is 59.4 Å². The Balaban J connectivity index is 1.36. The Kier molecular flexibility index (Phi) is 6.06. The van der Waals surface area contributed by atoms with Crippen LogP contribution in [0, 0.1) is 22.2 Å². The first-order valence-electron chi connectivity index (χ1n) is 13.7. The summed E-state index contributed by atoms with van der Waals surface area (Å²) in [6.45, 7) is 8.89. The first-order chi connectivity index (χ1) is 19.1. The van der Waals surface area contributed by atoms with Gasteiger partial charge in [0.15, 0.2) is 0 Å². The normalized spacial score (nSPS) is 18.9. The van der Waals surface area contributed by atoms with Crippen LogP contribution in [0.4, 0.5) is 10.6 Å². The Hall–Kier alpha value is -4.39. The van der Waals surface area contributed by atoms with Gasteiger partial charge in [-0.1, -0.05) is 20.8 Å². The molecule has 4 aromatic rings. The van der Waals surface area contributed by atoms with Crippen LogP contribution in [-0.4, -0.2) is 66.2 Å². The summed E-state index contributed by atoms with van der Waals surface area (Å²) < 4.78 is 3.52. The van der Waals surface area contributed by atoms with E-state index in [9.17, 15) is 15.2 Å². The number of fused-ring (bicyclic) bond motifs is 1. The number of pyridine rings is 2. The van der Waals surface area contributed by atoms with Crippen LogP contribution < -0.4 is 4.90 Å². The first-order valence-corrected chi connectivity index (χ1v) is 13.7. The number of anilines is 1. The summed E-state index contributed by atoms with van der Waals surface area (Å²) in [5.41, 5.74) is 5.04. The van der Waals surface area contributed by atoms with E-state index in [2.05, 4.69) is 60.1 Å². The molecule has 6 rings (SSSR count). The summed E-state index contributed by atoms with van der Waals surface area (Å²) >= 11 is 0. The van der Waals surface area contributed by atoms with E-state index < -0.39 is 6.09 Å². The molecule has 40 heavy (non-hydrogen) atoms. The summed E-state index contributed by atoms with van der Waals surface area (Å²) in [5.74, 6) is 0.926. The summed E-state index contributed by atoms with van der Waals surface area (Å²) in [4.78, 5) is 20.5. The van der Waals surface area contributed by atoms with Crippen molar-refractivity contribution >= 4 is 17.4 Å². The van der Waals surface area contributed by atoms with E-state index in [-0.39, 0.29) is 16.9 Å². The molecule has 1 N–H and O–H groups in total. The zero-order valence-corrected chi connectivity index (χ0v) is 23.4. The molecule has 6 heterocycles. The van der Waals surface area contributed by atoms with Crippen LogP contribution in [0.5, 0.6) is 0 Å². The molecule has 206 valence electrons. The van der Waals surface area contributed by atoms with Gasteiger partial charge in [-0.25, -0.2) is 14.3 Å². The fraction of sp³-hybridized carbons (Fsp3) is 0.433. The maximum absolute atomic E-state index is 11.6. The molecule has 1 atom stereocenters. The van der Waals surface area contributed by atoms with E-state index in [4.69, 9.17) is 4.98 Å². The third-order valence-corrected chi connectivity index (χ3v) is 8.72. The van der Waals surface area contributed by atoms with Gasteiger partial charge in [0.2, 0.25) is 0 Å². The quantitative estimate of drug-likeness (QED) is 0.388. The van der Waals surface area contributed by atoms with Crippen molar-refractivity contribution < 1.29 is 9.90 Å². The topological polar surface area (TPSA) is 116 Å². The summed E-state index contributed by atoms with van der Waals surface area (Å²) in [6, 6.07) is 8.75. The lowest BCUT2D eigenvalue weighted by atomic mass is 9.64. The number of nitriles is 1. The second kappa shape index (κ2) is 9.37. The molecule has 1 amide bonds. The Morgan fingerprint density at radius 3 is 2.38 bits per heavy atom. The molecule has 0 bridgehead atoms.